The molecule has 0 amide bonds. The van der Waals surface area contributed by atoms with Crippen molar-refractivity contribution in [3.8, 4) is 0 Å². The van der Waals surface area contributed by atoms with Gasteiger partial charge in [0.2, 0.25) is 24.8 Å². The van der Waals surface area contributed by atoms with E-state index in [-0.39, 0.29) is 11.1 Å². The molecule has 0 saturated carbocycles. The Hall–Kier alpha value is -3.54. The highest BCUT2D eigenvalue weighted by Gasteiger charge is 2.24. The van der Waals surface area contributed by atoms with Gasteiger partial charge in [-0.1, -0.05) is 24.3 Å². The summed E-state index contributed by atoms with van der Waals surface area (Å²) in [5.74, 6) is -1.31. The minimum absolute atomic E-state index is 0.121. The molecule has 0 aliphatic heterocycles. The van der Waals surface area contributed by atoms with Gasteiger partial charge in [0.1, 0.15) is 0 Å². The first-order valence-electron chi connectivity index (χ1n) is 7.21. The molecule has 0 N–H and O–H groups in total. The van der Waals surface area contributed by atoms with E-state index in [1.165, 1.54) is 21.6 Å². The van der Waals surface area contributed by atoms with Crippen LogP contribution in [0.4, 0.5) is 0 Å². The first-order valence-corrected chi connectivity index (χ1v) is 7.21. The van der Waals surface area contributed by atoms with Crippen molar-refractivity contribution in [2.24, 2.45) is 0 Å². The Morgan fingerprint density at radius 3 is 1.33 bits per heavy atom. The quantitative estimate of drug-likeness (QED) is 0.667. The first kappa shape index (κ1) is 15.4. The van der Waals surface area contributed by atoms with Crippen LogP contribution < -0.4 is 19.1 Å². The molecule has 3 aromatic rings. The zero-order chi connectivity index (χ0) is 16.8. The van der Waals surface area contributed by atoms with Crippen LogP contribution in [-0.2, 0) is 0 Å². The largest absolute Gasteiger partial charge is 0.412 e. The van der Waals surface area contributed by atoms with Crippen LogP contribution in [0.3, 0.4) is 0 Å². The van der Waals surface area contributed by atoms with E-state index >= 15 is 0 Å². The molecule has 0 aliphatic carbocycles. The van der Waals surface area contributed by atoms with Gasteiger partial charge in [0.15, 0.2) is 0 Å². The highest BCUT2D eigenvalue weighted by Crippen LogP contribution is 2.09. The Morgan fingerprint density at radius 2 is 0.958 bits per heavy atom. The topological polar surface area (TPSA) is 60.4 Å². The maximum atomic E-state index is 12.3. The van der Waals surface area contributed by atoms with E-state index in [9.17, 15) is 9.59 Å². The van der Waals surface area contributed by atoms with Crippen LogP contribution in [0.1, 0.15) is 20.7 Å². The number of rotatable bonds is 4. The first-order chi connectivity index (χ1) is 11.7. The molecule has 118 valence electrons. The van der Waals surface area contributed by atoms with Gasteiger partial charge in [-0.05, 0) is 12.1 Å². The molecule has 0 bridgehead atoms. The summed E-state index contributed by atoms with van der Waals surface area (Å²) in [4.78, 5) is 35.1. The minimum Gasteiger partial charge on any atom is -0.239 e. The molecule has 0 atom stereocenters. The fourth-order valence-electron chi connectivity index (χ4n) is 2.02. The maximum absolute atomic E-state index is 12.3. The van der Waals surface area contributed by atoms with Gasteiger partial charge in [-0.2, -0.15) is 9.68 Å². The molecular formula is C18H14N2O4+2. The van der Waals surface area contributed by atoms with Crippen molar-refractivity contribution in [3.63, 3.8) is 0 Å². The van der Waals surface area contributed by atoms with Crippen molar-refractivity contribution in [2.45, 2.75) is 0 Å². The summed E-state index contributed by atoms with van der Waals surface area (Å²) in [5.41, 5.74) is 0.241. The number of pyridine rings is 2. The molecule has 6 heteroatoms. The van der Waals surface area contributed by atoms with Crippen molar-refractivity contribution in [1.29, 1.82) is 0 Å². The van der Waals surface area contributed by atoms with Crippen molar-refractivity contribution in [2.75, 3.05) is 0 Å². The second kappa shape index (κ2) is 7.15. The van der Waals surface area contributed by atoms with Gasteiger partial charge in [-0.25, -0.2) is 9.59 Å². The lowest BCUT2D eigenvalue weighted by Gasteiger charge is -2.03. The van der Waals surface area contributed by atoms with E-state index in [1.54, 1.807) is 73.3 Å². The number of nitrogens with zero attached hydrogens (tertiary/aromatic N) is 2. The molecule has 1 aromatic carbocycles. The fourth-order valence-corrected chi connectivity index (χ4v) is 2.02. The number of carbonyl (C=O) groups is 2. The molecule has 0 saturated heterocycles. The summed E-state index contributed by atoms with van der Waals surface area (Å²) in [7, 11) is 0. The molecule has 0 radical (unpaired) electrons. The van der Waals surface area contributed by atoms with Crippen LogP contribution in [0.2, 0.25) is 0 Å². The van der Waals surface area contributed by atoms with Crippen molar-refractivity contribution in [3.05, 3.63) is 96.6 Å². The van der Waals surface area contributed by atoms with Gasteiger partial charge < -0.3 is 0 Å². The summed E-state index contributed by atoms with van der Waals surface area (Å²) in [6, 6.07) is 16.8. The fraction of sp³-hybridized carbons (Fsp3) is 0. The van der Waals surface area contributed by atoms with Crippen molar-refractivity contribution >= 4 is 11.9 Å². The number of aromatic nitrogens is 2. The van der Waals surface area contributed by atoms with Gasteiger partial charge >= 0.3 is 11.9 Å². The molecular weight excluding hydrogens is 308 g/mol. The van der Waals surface area contributed by atoms with E-state index in [4.69, 9.17) is 9.68 Å². The minimum atomic E-state index is -0.656. The molecule has 2 heterocycles. The predicted octanol–water partition coefficient (Wildman–Crippen LogP) is 0.800. The molecule has 24 heavy (non-hydrogen) atoms. The zero-order valence-corrected chi connectivity index (χ0v) is 12.6. The Labute approximate surface area is 138 Å². The van der Waals surface area contributed by atoms with Gasteiger partial charge in [-0.15, -0.1) is 0 Å². The third kappa shape index (κ3) is 3.61. The van der Waals surface area contributed by atoms with Gasteiger partial charge in [0, 0.05) is 33.7 Å². The number of hydrogen-bond donors (Lipinski definition) is 0. The molecule has 0 spiro atoms. The monoisotopic (exact) mass is 322 g/mol. The third-order valence-corrected chi connectivity index (χ3v) is 3.12. The van der Waals surface area contributed by atoms with E-state index in [0.717, 1.165) is 0 Å². The van der Waals surface area contributed by atoms with Crippen LogP contribution in [0.25, 0.3) is 0 Å². The van der Waals surface area contributed by atoms with Crippen molar-refractivity contribution < 1.29 is 28.7 Å². The number of carbonyl (C=O) groups excluding carboxylic acids is 2. The average molecular weight is 322 g/mol. The van der Waals surface area contributed by atoms with Crippen LogP contribution in [0, 0.1) is 0 Å². The summed E-state index contributed by atoms with van der Waals surface area (Å²) in [6.07, 6.45) is 6.33. The second-order valence-corrected chi connectivity index (χ2v) is 4.77. The van der Waals surface area contributed by atoms with Gasteiger partial charge in [0.25, 0.3) is 0 Å². The lowest BCUT2D eigenvalue weighted by molar-refractivity contribution is -0.868. The smallest absolute Gasteiger partial charge is 0.239 e. The lowest BCUT2D eigenvalue weighted by atomic mass is 10.1. The van der Waals surface area contributed by atoms with Crippen LogP contribution in [-0.4, -0.2) is 11.9 Å². The van der Waals surface area contributed by atoms with Crippen LogP contribution >= 0.6 is 0 Å². The Bertz CT molecular complexity index is 779. The summed E-state index contributed by atoms with van der Waals surface area (Å²) < 4.78 is 2.52. The van der Waals surface area contributed by atoms with E-state index in [0.29, 0.717) is 0 Å². The van der Waals surface area contributed by atoms with E-state index in [2.05, 4.69) is 0 Å². The third-order valence-electron chi connectivity index (χ3n) is 3.12. The SMILES string of the molecule is O=C(O[n+]1ccccc1)c1ccccc1C(=O)O[n+]1ccccc1. The lowest BCUT2D eigenvalue weighted by Crippen LogP contribution is -2.47. The molecule has 0 fully saturated rings. The molecule has 0 unspecified atom stereocenters. The highest BCUT2D eigenvalue weighted by atomic mass is 16.7. The number of hydrogen-bond acceptors (Lipinski definition) is 4. The Balaban J connectivity index is 1.82. The standard InChI is InChI=1S/C18H14N2O4/c21-17(23-19-11-5-1-6-12-19)15-9-3-4-10-16(15)18(22)24-20-13-7-2-8-14-20/h1-14H/q+2. The molecule has 3 rings (SSSR count). The normalized spacial score (nSPS) is 10.0. The molecule has 0 aliphatic rings. The molecule has 6 nitrogen and oxygen atoms in total. The zero-order valence-electron chi connectivity index (χ0n) is 12.6. The summed E-state index contributed by atoms with van der Waals surface area (Å²) in [6.45, 7) is 0. The highest BCUT2D eigenvalue weighted by molar-refractivity contribution is 6.02. The predicted molar refractivity (Wildman–Crippen MR) is 81.5 cm³/mol. The molecule has 2 aromatic heterocycles. The number of benzene rings is 1. The maximum Gasteiger partial charge on any atom is 0.412 e. The Kier molecular flexibility index (Phi) is 4.57. The second-order valence-electron chi connectivity index (χ2n) is 4.77. The van der Waals surface area contributed by atoms with Crippen LogP contribution in [0.15, 0.2) is 85.5 Å². The van der Waals surface area contributed by atoms with E-state index < -0.39 is 11.9 Å². The van der Waals surface area contributed by atoms with E-state index in [1.807, 2.05) is 0 Å². The van der Waals surface area contributed by atoms with Gasteiger partial charge in [-0.3, -0.25) is 0 Å². The summed E-state index contributed by atoms with van der Waals surface area (Å²) in [5, 5.41) is 0. The van der Waals surface area contributed by atoms with Crippen LogP contribution in [0.5, 0.6) is 0 Å². The van der Waals surface area contributed by atoms with Crippen molar-refractivity contribution in [1.82, 2.24) is 0 Å². The summed E-state index contributed by atoms with van der Waals surface area (Å²) >= 11 is 0. The Morgan fingerprint density at radius 1 is 0.583 bits per heavy atom. The average Bonchev–Trinajstić information content (AvgIpc) is 2.63. The van der Waals surface area contributed by atoms with Gasteiger partial charge in [0.05, 0.1) is 11.1 Å².